The molecule has 4 N–H and O–H groups in total. The van der Waals surface area contributed by atoms with E-state index in [1.807, 2.05) is 6.92 Å². The van der Waals surface area contributed by atoms with Gasteiger partial charge in [0, 0.05) is 18.2 Å². The maximum Gasteiger partial charge on any atom is 0.294 e. The number of nitrogens with two attached hydrogens (primary N) is 1. The molecule has 0 saturated carbocycles. The molecular weight excluding hydrogens is 276 g/mol. The third kappa shape index (κ3) is 3.47. The Kier molecular flexibility index (Phi) is 4.71. The van der Waals surface area contributed by atoms with Crippen LogP contribution >= 0.6 is 0 Å². The maximum absolute atomic E-state index is 12.1. The Hall–Kier alpha value is -2.19. The van der Waals surface area contributed by atoms with Crippen molar-refractivity contribution < 1.29 is 14.5 Å². The van der Waals surface area contributed by atoms with E-state index in [4.69, 9.17) is 10.6 Å². The van der Waals surface area contributed by atoms with Crippen molar-refractivity contribution in [2.45, 2.75) is 31.9 Å². The molecule has 1 aliphatic rings. The van der Waals surface area contributed by atoms with E-state index in [9.17, 15) is 14.9 Å². The number of nitro benzene ring substituents is 1. The Balaban J connectivity index is 2.11. The Morgan fingerprint density at radius 2 is 2.33 bits per heavy atom. The number of nitrogens with zero attached hydrogens (tertiary/aromatic N) is 1. The zero-order valence-corrected chi connectivity index (χ0v) is 11.7. The number of ether oxygens (including phenoxy) is 1. The fourth-order valence-electron chi connectivity index (χ4n) is 2.33. The van der Waals surface area contributed by atoms with Crippen LogP contribution in [0.5, 0.6) is 0 Å². The van der Waals surface area contributed by atoms with E-state index in [-0.39, 0.29) is 35.0 Å². The average Bonchev–Trinajstić information content (AvgIpc) is 3.00. The zero-order chi connectivity index (χ0) is 15.4. The van der Waals surface area contributed by atoms with Gasteiger partial charge < -0.3 is 15.5 Å². The van der Waals surface area contributed by atoms with Crippen LogP contribution in [0.4, 0.5) is 11.4 Å². The molecule has 114 valence electrons. The largest absolute Gasteiger partial charge is 0.376 e. The number of nitrogen functional groups attached to an aromatic ring is 1. The molecule has 2 rings (SSSR count). The van der Waals surface area contributed by atoms with Gasteiger partial charge in [0.15, 0.2) is 0 Å². The van der Waals surface area contributed by atoms with Crippen molar-refractivity contribution in [1.29, 1.82) is 0 Å². The molecule has 8 nitrogen and oxygen atoms in total. The number of hydrazine groups is 1. The molecule has 0 radical (unpaired) electrons. The number of nitro groups is 1. The third-order valence-corrected chi connectivity index (χ3v) is 3.49. The number of carbonyl (C=O) groups excluding carboxylic acids is 1. The summed E-state index contributed by atoms with van der Waals surface area (Å²) in [5, 5.41) is 13.7. The van der Waals surface area contributed by atoms with Crippen LogP contribution in [-0.2, 0) is 4.74 Å². The van der Waals surface area contributed by atoms with E-state index in [0.29, 0.717) is 6.61 Å². The lowest BCUT2D eigenvalue weighted by molar-refractivity contribution is -0.384. The highest BCUT2D eigenvalue weighted by molar-refractivity contribution is 5.95. The summed E-state index contributed by atoms with van der Waals surface area (Å²) in [7, 11) is 0. The van der Waals surface area contributed by atoms with Gasteiger partial charge in [0.1, 0.15) is 5.69 Å². The molecule has 0 spiro atoms. The van der Waals surface area contributed by atoms with Gasteiger partial charge in [0.05, 0.1) is 17.1 Å². The standard InChI is InChI=1S/C13H18N4O4/c1-8(12-3-2-6-21-12)15-13(18)9-4-5-10(16-14)11(7-9)17(19)20/h4-5,7-8,12,16H,2-3,6,14H2,1H3,(H,15,18). The monoisotopic (exact) mass is 294 g/mol. The number of nitrogens with one attached hydrogen (secondary N) is 2. The normalized spacial score (nSPS) is 19.0. The lowest BCUT2D eigenvalue weighted by Gasteiger charge is -2.20. The first-order valence-electron chi connectivity index (χ1n) is 6.70. The number of amides is 1. The Morgan fingerprint density at radius 3 is 2.90 bits per heavy atom. The molecule has 1 saturated heterocycles. The molecule has 1 fully saturated rings. The van der Waals surface area contributed by atoms with E-state index in [1.165, 1.54) is 18.2 Å². The smallest absolute Gasteiger partial charge is 0.294 e. The van der Waals surface area contributed by atoms with Crippen LogP contribution in [0.1, 0.15) is 30.1 Å². The minimum Gasteiger partial charge on any atom is -0.376 e. The molecule has 1 aromatic carbocycles. The highest BCUT2D eigenvalue weighted by Gasteiger charge is 2.25. The summed E-state index contributed by atoms with van der Waals surface area (Å²) in [4.78, 5) is 22.5. The van der Waals surface area contributed by atoms with Crippen LogP contribution in [0.15, 0.2) is 18.2 Å². The lowest BCUT2D eigenvalue weighted by atomic mass is 10.1. The molecule has 21 heavy (non-hydrogen) atoms. The van der Waals surface area contributed by atoms with Gasteiger partial charge in [-0.15, -0.1) is 0 Å². The second kappa shape index (κ2) is 6.51. The van der Waals surface area contributed by atoms with E-state index in [2.05, 4.69) is 10.7 Å². The van der Waals surface area contributed by atoms with Crippen LogP contribution in [0.2, 0.25) is 0 Å². The quantitative estimate of drug-likeness (QED) is 0.426. The van der Waals surface area contributed by atoms with Gasteiger partial charge in [-0.05, 0) is 31.9 Å². The van der Waals surface area contributed by atoms with Gasteiger partial charge in [0.2, 0.25) is 0 Å². The van der Waals surface area contributed by atoms with Gasteiger partial charge in [-0.1, -0.05) is 0 Å². The SMILES string of the molecule is CC(NC(=O)c1ccc(NN)c([N+](=O)[O-])c1)C1CCCO1. The van der Waals surface area contributed by atoms with Crippen molar-refractivity contribution in [3.63, 3.8) is 0 Å². The second-order valence-electron chi connectivity index (χ2n) is 4.95. The molecule has 1 heterocycles. The van der Waals surface area contributed by atoms with Crippen LogP contribution in [0, 0.1) is 10.1 Å². The van der Waals surface area contributed by atoms with Crippen LogP contribution in [0.25, 0.3) is 0 Å². The maximum atomic E-state index is 12.1. The van der Waals surface area contributed by atoms with Gasteiger partial charge in [-0.25, -0.2) is 0 Å². The van der Waals surface area contributed by atoms with Crippen LogP contribution < -0.4 is 16.6 Å². The fourth-order valence-corrected chi connectivity index (χ4v) is 2.33. The topological polar surface area (TPSA) is 120 Å². The Morgan fingerprint density at radius 1 is 1.57 bits per heavy atom. The molecule has 1 aliphatic heterocycles. The molecule has 2 atom stereocenters. The summed E-state index contributed by atoms with van der Waals surface area (Å²) < 4.78 is 5.50. The van der Waals surface area contributed by atoms with Gasteiger partial charge in [-0.2, -0.15) is 0 Å². The molecular formula is C13H18N4O4. The van der Waals surface area contributed by atoms with Crippen molar-refractivity contribution >= 4 is 17.3 Å². The summed E-state index contributed by atoms with van der Waals surface area (Å²) in [6.07, 6.45) is 1.87. The first kappa shape index (κ1) is 15.2. The van der Waals surface area contributed by atoms with Gasteiger partial charge in [0.25, 0.3) is 11.6 Å². The summed E-state index contributed by atoms with van der Waals surface area (Å²) in [6, 6.07) is 3.95. The number of hydrogen-bond acceptors (Lipinski definition) is 6. The van der Waals surface area contributed by atoms with E-state index < -0.39 is 4.92 Å². The summed E-state index contributed by atoms with van der Waals surface area (Å²) >= 11 is 0. The minimum atomic E-state index is -0.588. The lowest BCUT2D eigenvalue weighted by Crippen LogP contribution is -2.40. The third-order valence-electron chi connectivity index (χ3n) is 3.49. The van der Waals surface area contributed by atoms with Crippen molar-refractivity contribution in [2.24, 2.45) is 5.84 Å². The van der Waals surface area contributed by atoms with Crippen LogP contribution in [-0.4, -0.2) is 29.6 Å². The van der Waals surface area contributed by atoms with Gasteiger partial charge in [-0.3, -0.25) is 20.8 Å². The van der Waals surface area contributed by atoms with Crippen molar-refractivity contribution in [2.75, 3.05) is 12.0 Å². The molecule has 1 amide bonds. The number of benzene rings is 1. The molecule has 0 aromatic heterocycles. The molecule has 1 aromatic rings. The van der Waals surface area contributed by atoms with Crippen molar-refractivity contribution in [3.8, 4) is 0 Å². The predicted molar refractivity (Wildman–Crippen MR) is 76.8 cm³/mol. The summed E-state index contributed by atoms with van der Waals surface area (Å²) in [5.74, 6) is 4.84. The van der Waals surface area contributed by atoms with E-state index >= 15 is 0 Å². The van der Waals surface area contributed by atoms with E-state index in [0.717, 1.165) is 12.8 Å². The fraction of sp³-hybridized carbons (Fsp3) is 0.462. The number of carbonyl (C=O) groups is 1. The molecule has 0 bridgehead atoms. The zero-order valence-electron chi connectivity index (χ0n) is 11.7. The molecule has 0 aliphatic carbocycles. The number of hydrogen-bond donors (Lipinski definition) is 3. The van der Waals surface area contributed by atoms with Crippen molar-refractivity contribution in [3.05, 3.63) is 33.9 Å². The van der Waals surface area contributed by atoms with Gasteiger partial charge >= 0.3 is 0 Å². The number of rotatable bonds is 5. The van der Waals surface area contributed by atoms with E-state index in [1.54, 1.807) is 0 Å². The Labute approximate surface area is 121 Å². The average molecular weight is 294 g/mol. The summed E-state index contributed by atoms with van der Waals surface area (Å²) in [6.45, 7) is 2.56. The summed E-state index contributed by atoms with van der Waals surface area (Å²) in [5.41, 5.74) is 2.36. The minimum absolute atomic E-state index is 0.00563. The predicted octanol–water partition coefficient (Wildman–Crippen LogP) is 1.18. The Bertz CT molecular complexity index is 543. The highest BCUT2D eigenvalue weighted by Crippen LogP contribution is 2.24. The molecule has 2 unspecified atom stereocenters. The first-order chi connectivity index (χ1) is 10.0. The first-order valence-corrected chi connectivity index (χ1v) is 6.70. The number of anilines is 1. The molecule has 8 heteroatoms. The highest BCUT2D eigenvalue weighted by atomic mass is 16.6. The second-order valence-corrected chi connectivity index (χ2v) is 4.95. The van der Waals surface area contributed by atoms with Crippen LogP contribution in [0.3, 0.4) is 0 Å². The van der Waals surface area contributed by atoms with Crippen molar-refractivity contribution in [1.82, 2.24) is 5.32 Å².